The van der Waals surface area contributed by atoms with E-state index < -0.39 is 0 Å². The highest BCUT2D eigenvalue weighted by Crippen LogP contribution is 2.22. The normalized spacial score (nSPS) is 20.4. The summed E-state index contributed by atoms with van der Waals surface area (Å²) in [6.07, 6.45) is 3.53. The molecule has 20 heavy (non-hydrogen) atoms. The Balaban J connectivity index is 1.81. The third-order valence-corrected chi connectivity index (χ3v) is 4.23. The molecule has 0 bridgehead atoms. The second-order valence-electron chi connectivity index (χ2n) is 5.54. The Morgan fingerprint density at radius 2 is 2.15 bits per heavy atom. The zero-order chi connectivity index (χ0) is 13.9. The minimum Gasteiger partial charge on any atom is -0.299 e. The maximum Gasteiger partial charge on any atom is 0.138 e. The average molecular weight is 268 g/mol. The van der Waals surface area contributed by atoms with Gasteiger partial charge in [-0.3, -0.25) is 14.7 Å². The van der Waals surface area contributed by atoms with Gasteiger partial charge in [0.2, 0.25) is 0 Å². The highest BCUT2D eigenvalue weighted by atomic mass is 16.1. The van der Waals surface area contributed by atoms with E-state index >= 15 is 0 Å². The van der Waals surface area contributed by atoms with E-state index in [0.717, 1.165) is 31.6 Å². The minimum absolute atomic E-state index is 0.219. The smallest absolute Gasteiger partial charge is 0.138 e. The topological polar surface area (TPSA) is 33.2 Å². The molecule has 1 atom stereocenters. The molecule has 0 spiro atoms. The maximum absolute atomic E-state index is 11.8. The number of carbonyl (C=O) groups excluding carboxylic acids is 1. The van der Waals surface area contributed by atoms with Gasteiger partial charge < -0.3 is 0 Å². The van der Waals surface area contributed by atoms with Crippen molar-refractivity contribution in [1.82, 2.24) is 9.88 Å². The Morgan fingerprint density at radius 3 is 3.00 bits per heavy atom. The summed E-state index contributed by atoms with van der Waals surface area (Å²) in [6, 6.07) is 10.4. The monoisotopic (exact) mass is 268 g/mol. The van der Waals surface area contributed by atoms with E-state index in [1.807, 2.05) is 18.3 Å². The molecule has 1 aliphatic rings. The lowest BCUT2D eigenvalue weighted by atomic mass is 9.93. The highest BCUT2D eigenvalue weighted by Gasteiger charge is 2.25. The van der Waals surface area contributed by atoms with Crippen LogP contribution in [-0.4, -0.2) is 28.8 Å². The van der Waals surface area contributed by atoms with Crippen LogP contribution in [0, 0.1) is 5.92 Å². The predicted molar refractivity (Wildman–Crippen MR) is 80.4 cm³/mol. The molecule has 0 N–H and O–H groups in total. The number of para-hydroxylation sites is 1. The second kappa shape index (κ2) is 5.71. The second-order valence-corrected chi connectivity index (χ2v) is 5.54. The van der Waals surface area contributed by atoms with Crippen molar-refractivity contribution < 1.29 is 4.79 Å². The quantitative estimate of drug-likeness (QED) is 0.858. The van der Waals surface area contributed by atoms with Crippen molar-refractivity contribution in [1.29, 1.82) is 0 Å². The van der Waals surface area contributed by atoms with Gasteiger partial charge in [-0.25, -0.2) is 0 Å². The fourth-order valence-corrected chi connectivity index (χ4v) is 3.01. The molecule has 3 nitrogen and oxygen atoms in total. The van der Waals surface area contributed by atoms with Crippen LogP contribution in [0.4, 0.5) is 0 Å². The van der Waals surface area contributed by atoms with E-state index in [1.165, 1.54) is 10.9 Å². The number of carbonyl (C=O) groups is 1. The van der Waals surface area contributed by atoms with Gasteiger partial charge in [-0.1, -0.05) is 25.1 Å². The number of fused-ring (bicyclic) bond motifs is 1. The molecule has 2 aromatic rings. The number of hydrogen-bond donors (Lipinski definition) is 0. The molecule has 3 heteroatoms. The summed E-state index contributed by atoms with van der Waals surface area (Å²) >= 11 is 0. The van der Waals surface area contributed by atoms with Crippen molar-refractivity contribution in [2.24, 2.45) is 5.92 Å². The van der Waals surface area contributed by atoms with E-state index in [2.05, 4.69) is 35.0 Å². The zero-order valence-corrected chi connectivity index (χ0v) is 11.9. The number of benzene rings is 1. The summed E-state index contributed by atoms with van der Waals surface area (Å²) in [4.78, 5) is 18.6. The Kier molecular flexibility index (Phi) is 3.79. The molecule has 1 saturated heterocycles. The molecular weight excluding hydrogens is 248 g/mol. The van der Waals surface area contributed by atoms with Crippen LogP contribution in [0.25, 0.3) is 10.9 Å². The molecule has 1 aliphatic heterocycles. The van der Waals surface area contributed by atoms with E-state index in [1.54, 1.807) is 0 Å². The van der Waals surface area contributed by atoms with Crippen LogP contribution in [0.2, 0.25) is 0 Å². The van der Waals surface area contributed by atoms with E-state index in [-0.39, 0.29) is 5.92 Å². The van der Waals surface area contributed by atoms with Crippen molar-refractivity contribution in [3.8, 4) is 0 Å². The standard InChI is InChI=1S/C17H20N2O/c1-2-13-11-19(10-8-17(13)20)12-14-7-9-18-16-6-4-3-5-15(14)16/h3-7,9,13H,2,8,10-12H2,1H3. The Labute approximate surface area is 119 Å². The summed E-state index contributed by atoms with van der Waals surface area (Å²) < 4.78 is 0. The number of hydrogen-bond acceptors (Lipinski definition) is 3. The van der Waals surface area contributed by atoms with E-state index in [4.69, 9.17) is 0 Å². The van der Waals surface area contributed by atoms with Crippen LogP contribution in [-0.2, 0) is 11.3 Å². The Hall–Kier alpha value is -1.74. The lowest BCUT2D eigenvalue weighted by Gasteiger charge is -2.31. The van der Waals surface area contributed by atoms with Crippen LogP contribution >= 0.6 is 0 Å². The van der Waals surface area contributed by atoms with E-state index in [0.29, 0.717) is 12.2 Å². The lowest BCUT2D eigenvalue weighted by Crippen LogP contribution is -2.40. The van der Waals surface area contributed by atoms with Gasteiger partial charge >= 0.3 is 0 Å². The highest BCUT2D eigenvalue weighted by molar-refractivity contribution is 5.83. The molecule has 0 saturated carbocycles. The summed E-state index contributed by atoms with van der Waals surface area (Å²) in [5.41, 5.74) is 2.35. The molecule has 104 valence electrons. The van der Waals surface area contributed by atoms with Gasteiger partial charge in [0.15, 0.2) is 0 Å². The van der Waals surface area contributed by atoms with Crippen LogP contribution < -0.4 is 0 Å². The Bertz CT molecular complexity index is 618. The molecule has 2 heterocycles. The van der Waals surface area contributed by atoms with E-state index in [9.17, 15) is 4.79 Å². The molecule has 1 aromatic carbocycles. The summed E-state index contributed by atoms with van der Waals surface area (Å²) in [6.45, 7) is 4.79. The van der Waals surface area contributed by atoms with Crippen LogP contribution in [0.3, 0.4) is 0 Å². The molecule has 3 rings (SSSR count). The van der Waals surface area contributed by atoms with Gasteiger partial charge in [-0.15, -0.1) is 0 Å². The SMILES string of the molecule is CCC1CN(Cc2ccnc3ccccc23)CCC1=O. The number of likely N-dealkylation sites (tertiary alicyclic amines) is 1. The number of Topliss-reactive ketones (excluding diaryl/α,β-unsaturated/α-hetero) is 1. The van der Waals surface area contributed by atoms with Gasteiger partial charge in [0, 0.05) is 43.6 Å². The summed E-state index contributed by atoms with van der Waals surface area (Å²) in [7, 11) is 0. The van der Waals surface area contributed by atoms with Crippen molar-refractivity contribution in [3.63, 3.8) is 0 Å². The number of ketones is 1. The lowest BCUT2D eigenvalue weighted by molar-refractivity contribution is -0.126. The average Bonchev–Trinajstić information content (AvgIpc) is 2.49. The molecule has 1 aromatic heterocycles. The van der Waals surface area contributed by atoms with Gasteiger partial charge in [0.1, 0.15) is 5.78 Å². The zero-order valence-electron chi connectivity index (χ0n) is 11.9. The van der Waals surface area contributed by atoms with Gasteiger partial charge in [0.25, 0.3) is 0 Å². The number of nitrogens with zero attached hydrogens (tertiary/aromatic N) is 2. The number of aromatic nitrogens is 1. The first-order chi connectivity index (χ1) is 9.78. The van der Waals surface area contributed by atoms with Gasteiger partial charge in [0.05, 0.1) is 5.52 Å². The predicted octanol–water partition coefficient (Wildman–Crippen LogP) is 3.04. The first-order valence-electron chi connectivity index (χ1n) is 7.35. The van der Waals surface area contributed by atoms with Crippen molar-refractivity contribution in [2.75, 3.05) is 13.1 Å². The van der Waals surface area contributed by atoms with Gasteiger partial charge in [-0.05, 0) is 24.1 Å². The maximum atomic E-state index is 11.8. The number of rotatable bonds is 3. The number of pyridine rings is 1. The minimum atomic E-state index is 0.219. The first kappa shape index (κ1) is 13.3. The molecular formula is C17H20N2O. The Morgan fingerprint density at radius 1 is 1.30 bits per heavy atom. The first-order valence-corrected chi connectivity index (χ1v) is 7.35. The molecule has 0 radical (unpaired) electrons. The van der Waals surface area contributed by atoms with Crippen LogP contribution in [0.1, 0.15) is 25.3 Å². The fourth-order valence-electron chi connectivity index (χ4n) is 3.01. The van der Waals surface area contributed by atoms with Crippen LogP contribution in [0.15, 0.2) is 36.5 Å². The summed E-state index contributed by atoms with van der Waals surface area (Å²) in [5.74, 6) is 0.653. The van der Waals surface area contributed by atoms with Crippen molar-refractivity contribution in [2.45, 2.75) is 26.3 Å². The molecule has 0 aliphatic carbocycles. The largest absolute Gasteiger partial charge is 0.299 e. The fraction of sp³-hybridized carbons (Fsp3) is 0.412. The third kappa shape index (κ3) is 2.59. The number of piperidine rings is 1. The van der Waals surface area contributed by atoms with Gasteiger partial charge in [-0.2, -0.15) is 0 Å². The summed E-state index contributed by atoms with van der Waals surface area (Å²) in [5, 5.41) is 1.22. The van der Waals surface area contributed by atoms with Crippen molar-refractivity contribution in [3.05, 3.63) is 42.1 Å². The molecule has 1 fully saturated rings. The molecule has 1 unspecified atom stereocenters. The van der Waals surface area contributed by atoms with Crippen molar-refractivity contribution >= 4 is 16.7 Å². The third-order valence-electron chi connectivity index (χ3n) is 4.23. The van der Waals surface area contributed by atoms with Crippen LogP contribution in [0.5, 0.6) is 0 Å². The molecule has 0 amide bonds.